The lowest BCUT2D eigenvalue weighted by atomic mass is 10.0. The first-order valence-corrected chi connectivity index (χ1v) is 10.8. The molecular weight excluding hydrogens is 436 g/mol. The fraction of sp³-hybridized carbons (Fsp3) is 0.455. The van der Waals surface area contributed by atoms with Gasteiger partial charge in [-0.15, -0.1) is 0 Å². The molecule has 2 amide bonds. The van der Waals surface area contributed by atoms with E-state index in [2.05, 4.69) is 25.4 Å². The van der Waals surface area contributed by atoms with Crippen LogP contribution in [0.25, 0.3) is 0 Å². The number of carbonyl (C=O) groups is 1. The molecule has 4 rings (SSSR count). The van der Waals surface area contributed by atoms with Gasteiger partial charge in [0.15, 0.2) is 0 Å². The van der Waals surface area contributed by atoms with E-state index in [0.717, 1.165) is 18.0 Å². The fourth-order valence-electron chi connectivity index (χ4n) is 4.34. The van der Waals surface area contributed by atoms with Crippen molar-refractivity contribution in [1.29, 1.82) is 0 Å². The molecule has 4 atom stereocenters. The molecule has 33 heavy (non-hydrogen) atoms. The number of hydrogen-bond acceptors (Lipinski definition) is 7. The number of hydrogen-bond donors (Lipinski definition) is 4. The molecule has 1 aromatic heterocycles. The smallest absolute Gasteiger partial charge is 0.319 e. The van der Waals surface area contributed by atoms with Gasteiger partial charge in [-0.05, 0) is 24.3 Å². The quantitative estimate of drug-likeness (QED) is 0.502. The molecule has 178 valence electrons. The van der Waals surface area contributed by atoms with Crippen molar-refractivity contribution in [2.45, 2.75) is 24.4 Å². The highest BCUT2D eigenvalue weighted by molar-refractivity contribution is 5.89. The van der Waals surface area contributed by atoms with Crippen LogP contribution in [0.1, 0.15) is 0 Å². The number of nitrogens with zero attached hydrogens (tertiary/aromatic N) is 3. The molecule has 0 bridgehead atoms. The summed E-state index contributed by atoms with van der Waals surface area (Å²) < 4.78 is 32.6. The second-order valence-corrected chi connectivity index (χ2v) is 8.05. The summed E-state index contributed by atoms with van der Waals surface area (Å²) in [5, 5.41) is 25.3. The molecule has 2 fully saturated rings. The lowest BCUT2D eigenvalue weighted by Crippen LogP contribution is -2.57. The van der Waals surface area contributed by atoms with E-state index in [1.807, 2.05) is 18.2 Å². The van der Waals surface area contributed by atoms with E-state index in [4.69, 9.17) is 4.74 Å². The Balaban J connectivity index is 1.36. The van der Waals surface area contributed by atoms with Crippen LogP contribution in [0.15, 0.2) is 42.6 Å². The van der Waals surface area contributed by atoms with Gasteiger partial charge in [0.05, 0.1) is 24.4 Å². The second kappa shape index (κ2) is 10.4. The minimum absolute atomic E-state index is 0.0350. The van der Waals surface area contributed by atoms with Gasteiger partial charge in [0.1, 0.15) is 29.7 Å². The largest absolute Gasteiger partial charge is 0.394 e. The lowest BCUT2D eigenvalue weighted by molar-refractivity contribution is -0.0205. The van der Waals surface area contributed by atoms with Gasteiger partial charge in [-0.3, -0.25) is 4.90 Å². The molecule has 0 saturated carbocycles. The minimum atomic E-state index is -0.930. The van der Waals surface area contributed by atoms with Crippen LogP contribution in [0.2, 0.25) is 0 Å². The predicted octanol–water partition coefficient (Wildman–Crippen LogP) is 0.793. The number of rotatable bonds is 6. The molecule has 2 aromatic rings. The summed E-state index contributed by atoms with van der Waals surface area (Å²) in [5.74, 6) is -0.744. The third-order valence-electron chi connectivity index (χ3n) is 5.99. The number of amides is 2. The molecule has 2 aliphatic rings. The Bertz CT molecular complexity index is 946. The normalized spacial score (nSPS) is 25.8. The molecule has 0 radical (unpaired) electrons. The summed E-state index contributed by atoms with van der Waals surface area (Å²) in [6.07, 6.45) is -0.538. The van der Waals surface area contributed by atoms with E-state index in [0.29, 0.717) is 32.2 Å². The van der Waals surface area contributed by atoms with Crippen molar-refractivity contribution in [2.75, 3.05) is 49.5 Å². The molecule has 9 nitrogen and oxygen atoms in total. The summed E-state index contributed by atoms with van der Waals surface area (Å²) in [4.78, 5) is 20.9. The molecule has 3 heterocycles. The Morgan fingerprint density at radius 3 is 2.61 bits per heavy atom. The number of pyridine rings is 1. The molecule has 11 heteroatoms. The third-order valence-corrected chi connectivity index (χ3v) is 5.99. The third kappa shape index (κ3) is 5.38. The van der Waals surface area contributed by atoms with E-state index >= 15 is 0 Å². The van der Waals surface area contributed by atoms with E-state index in [9.17, 15) is 23.8 Å². The Morgan fingerprint density at radius 1 is 1.15 bits per heavy atom. The molecule has 0 aliphatic carbocycles. The molecule has 2 saturated heterocycles. The van der Waals surface area contributed by atoms with Gasteiger partial charge in [0.25, 0.3) is 0 Å². The Morgan fingerprint density at radius 2 is 1.94 bits per heavy atom. The van der Waals surface area contributed by atoms with Crippen LogP contribution in [0.4, 0.5) is 25.1 Å². The fourth-order valence-corrected chi connectivity index (χ4v) is 4.34. The van der Waals surface area contributed by atoms with E-state index in [1.165, 1.54) is 0 Å². The van der Waals surface area contributed by atoms with Gasteiger partial charge in [0.2, 0.25) is 0 Å². The number of anilines is 2. The summed E-state index contributed by atoms with van der Waals surface area (Å²) in [7, 11) is 0. The lowest BCUT2D eigenvalue weighted by Gasteiger charge is -2.40. The number of aromatic nitrogens is 1. The molecular formula is C22H27F2N5O4. The van der Waals surface area contributed by atoms with Gasteiger partial charge >= 0.3 is 6.03 Å². The highest BCUT2D eigenvalue weighted by atomic mass is 19.1. The van der Waals surface area contributed by atoms with Crippen LogP contribution in [0.5, 0.6) is 0 Å². The van der Waals surface area contributed by atoms with Crippen molar-refractivity contribution >= 4 is 17.5 Å². The number of ether oxygens (including phenoxy) is 1. The highest BCUT2D eigenvalue weighted by Gasteiger charge is 2.46. The zero-order chi connectivity index (χ0) is 23.4. The minimum Gasteiger partial charge on any atom is -0.394 e. The number of carbonyl (C=O) groups excluding carboxylic acids is 1. The van der Waals surface area contributed by atoms with Gasteiger partial charge < -0.3 is 30.5 Å². The first kappa shape index (κ1) is 23.3. The Kier molecular flexibility index (Phi) is 7.33. The highest BCUT2D eigenvalue weighted by Crippen LogP contribution is 2.27. The Labute approximate surface area is 190 Å². The molecule has 4 N–H and O–H groups in total. The molecule has 0 spiro atoms. The number of piperazine rings is 1. The van der Waals surface area contributed by atoms with Gasteiger partial charge in [-0.25, -0.2) is 18.6 Å². The first-order valence-electron chi connectivity index (χ1n) is 10.8. The van der Waals surface area contributed by atoms with Crippen LogP contribution in [0, 0.1) is 11.6 Å². The van der Waals surface area contributed by atoms with Crippen LogP contribution >= 0.6 is 0 Å². The van der Waals surface area contributed by atoms with Gasteiger partial charge in [-0.2, -0.15) is 0 Å². The molecule has 4 unspecified atom stereocenters. The van der Waals surface area contributed by atoms with Crippen LogP contribution in [-0.4, -0.2) is 89.8 Å². The van der Waals surface area contributed by atoms with E-state index < -0.39 is 42.0 Å². The first-order chi connectivity index (χ1) is 16.0. The number of halogens is 2. The zero-order valence-electron chi connectivity index (χ0n) is 17.9. The van der Waals surface area contributed by atoms with Crippen LogP contribution < -0.4 is 15.5 Å². The number of aliphatic hydroxyl groups excluding tert-OH is 2. The summed E-state index contributed by atoms with van der Waals surface area (Å²) in [5.41, 5.74) is -0.156. The van der Waals surface area contributed by atoms with Crippen LogP contribution in [-0.2, 0) is 4.74 Å². The molecule has 2 aliphatic heterocycles. The summed E-state index contributed by atoms with van der Waals surface area (Å²) >= 11 is 0. The number of urea groups is 1. The maximum Gasteiger partial charge on any atom is 0.319 e. The van der Waals surface area contributed by atoms with Crippen molar-refractivity contribution in [3.8, 4) is 0 Å². The van der Waals surface area contributed by atoms with Crippen molar-refractivity contribution in [3.63, 3.8) is 0 Å². The number of nitrogens with one attached hydrogen (secondary N) is 2. The standard InChI is InChI=1S/C22H27F2N5O4/c23-14-4-5-16(15(24)11-14)27-22(32)26-12-17-20(21(31)18(13-30)33-17)29-9-7-28(8-10-29)19-3-1-2-6-25-19/h1-6,11,17-18,20-21,30-31H,7-10,12-13H2,(H2,26,27,32). The molecule has 1 aromatic carbocycles. The van der Waals surface area contributed by atoms with Crippen LogP contribution in [0.3, 0.4) is 0 Å². The number of aliphatic hydroxyl groups is 2. The van der Waals surface area contributed by atoms with Gasteiger partial charge in [-0.1, -0.05) is 6.07 Å². The number of benzene rings is 1. The average molecular weight is 463 g/mol. The average Bonchev–Trinajstić information content (AvgIpc) is 3.15. The zero-order valence-corrected chi connectivity index (χ0v) is 17.9. The van der Waals surface area contributed by atoms with Crippen molar-refractivity contribution in [1.82, 2.24) is 15.2 Å². The monoisotopic (exact) mass is 463 g/mol. The van der Waals surface area contributed by atoms with Crippen molar-refractivity contribution in [2.24, 2.45) is 0 Å². The second-order valence-electron chi connectivity index (χ2n) is 8.05. The predicted molar refractivity (Wildman–Crippen MR) is 117 cm³/mol. The van der Waals surface area contributed by atoms with Crippen molar-refractivity contribution < 1.29 is 28.5 Å². The SMILES string of the molecule is O=C(NCC1OC(CO)C(O)C1N1CCN(c2ccccn2)CC1)Nc1ccc(F)cc1F. The Hall–Kier alpha value is -2.86. The summed E-state index contributed by atoms with van der Waals surface area (Å²) in [6, 6.07) is 7.46. The maximum absolute atomic E-state index is 13.8. The summed E-state index contributed by atoms with van der Waals surface area (Å²) in [6.45, 7) is 2.37. The van der Waals surface area contributed by atoms with Crippen molar-refractivity contribution in [3.05, 3.63) is 54.2 Å². The van der Waals surface area contributed by atoms with Gasteiger partial charge in [0, 0.05) is 45.0 Å². The van der Waals surface area contributed by atoms with E-state index in [1.54, 1.807) is 6.20 Å². The maximum atomic E-state index is 13.8. The topological polar surface area (TPSA) is 110 Å². The van der Waals surface area contributed by atoms with E-state index in [-0.39, 0.29) is 18.8 Å².